The van der Waals surface area contributed by atoms with Crippen LogP contribution in [0.15, 0.2) is 0 Å². The fourth-order valence-corrected chi connectivity index (χ4v) is 0.376. The topological polar surface area (TPSA) is 78.3 Å². The zero-order chi connectivity index (χ0) is 6.57. The van der Waals surface area contributed by atoms with E-state index in [1.165, 1.54) is 0 Å². The molecular weight excluding hydrogens is 127 g/mol. The zero-order valence-electron chi connectivity index (χ0n) is 4.33. The summed E-state index contributed by atoms with van der Waals surface area (Å²) in [5, 5.41) is 0. The predicted octanol–water partition coefficient (Wildman–Crippen LogP) is -1.39. The highest BCUT2D eigenvalue weighted by Gasteiger charge is 2.09. The van der Waals surface area contributed by atoms with Gasteiger partial charge in [0.25, 0.3) is 0 Å². The van der Waals surface area contributed by atoms with Crippen LogP contribution in [0.1, 0.15) is 0 Å². The minimum atomic E-state index is -0.606. The highest BCUT2D eigenvalue weighted by molar-refractivity contribution is 7.16. The Bertz CT molecular complexity index is 87.4. The van der Waals surface area contributed by atoms with E-state index in [0.29, 0.717) is 6.16 Å². The molecule has 0 saturated heterocycles. The second-order valence-electron chi connectivity index (χ2n) is 1.28. The molecule has 0 amide bonds. The second-order valence-corrected chi connectivity index (χ2v) is 1.75. The van der Waals surface area contributed by atoms with Crippen molar-refractivity contribution in [1.29, 1.82) is 0 Å². The Morgan fingerprint density at radius 2 is 2.38 bits per heavy atom. The number of carbonyl (C=O) groups excluding carboxylic acids is 1. The standard InChI is InChI=1S/C3H9N2O2P/c4-2(1-8)3(6)7-5/h2H,1,4-5,8H2. The van der Waals surface area contributed by atoms with Gasteiger partial charge in [-0.2, -0.15) is 5.90 Å². The van der Waals surface area contributed by atoms with E-state index < -0.39 is 12.0 Å². The summed E-state index contributed by atoms with van der Waals surface area (Å²) in [6.45, 7) is 0. The van der Waals surface area contributed by atoms with Gasteiger partial charge in [0.1, 0.15) is 6.04 Å². The molecule has 0 rings (SSSR count). The van der Waals surface area contributed by atoms with E-state index in [1.807, 2.05) is 0 Å². The van der Waals surface area contributed by atoms with E-state index in [9.17, 15) is 4.79 Å². The number of rotatable bonds is 2. The maximum absolute atomic E-state index is 10.3. The van der Waals surface area contributed by atoms with Crippen LogP contribution in [-0.4, -0.2) is 18.2 Å². The van der Waals surface area contributed by atoms with Gasteiger partial charge in [-0.3, -0.25) is 0 Å². The van der Waals surface area contributed by atoms with Crippen LogP contribution in [0.4, 0.5) is 0 Å². The van der Waals surface area contributed by atoms with Crippen molar-refractivity contribution in [3.8, 4) is 0 Å². The summed E-state index contributed by atoms with van der Waals surface area (Å²) in [6.07, 6.45) is 0.468. The molecule has 0 aromatic rings. The lowest BCUT2D eigenvalue weighted by Crippen LogP contribution is -2.35. The lowest BCUT2D eigenvalue weighted by molar-refractivity contribution is -0.145. The van der Waals surface area contributed by atoms with Crippen molar-refractivity contribution >= 4 is 15.2 Å². The fraction of sp³-hybridized carbons (Fsp3) is 0.667. The maximum Gasteiger partial charge on any atom is 0.341 e. The first-order chi connectivity index (χ1) is 3.72. The van der Waals surface area contributed by atoms with Crippen molar-refractivity contribution in [1.82, 2.24) is 0 Å². The molecule has 0 aromatic carbocycles. The van der Waals surface area contributed by atoms with Gasteiger partial charge in [-0.15, -0.1) is 9.24 Å². The van der Waals surface area contributed by atoms with Crippen molar-refractivity contribution in [2.24, 2.45) is 11.6 Å². The molecule has 0 aliphatic heterocycles. The van der Waals surface area contributed by atoms with Gasteiger partial charge in [0, 0.05) is 0 Å². The third-order valence-electron chi connectivity index (χ3n) is 0.673. The van der Waals surface area contributed by atoms with Crippen molar-refractivity contribution in [2.45, 2.75) is 6.04 Å². The van der Waals surface area contributed by atoms with Gasteiger partial charge in [0.15, 0.2) is 0 Å². The fourth-order valence-electron chi connectivity index (χ4n) is 0.184. The third kappa shape index (κ3) is 2.21. The molecule has 0 radical (unpaired) electrons. The molecular formula is C3H9N2O2P. The van der Waals surface area contributed by atoms with Crippen molar-refractivity contribution in [2.75, 3.05) is 6.16 Å². The molecule has 2 unspecified atom stereocenters. The Balaban J connectivity index is 3.46. The minimum Gasteiger partial charge on any atom is -0.372 e. The summed E-state index contributed by atoms with van der Waals surface area (Å²) in [5.41, 5.74) is 5.15. The molecule has 5 heteroatoms. The maximum atomic E-state index is 10.3. The molecule has 8 heavy (non-hydrogen) atoms. The molecule has 0 aliphatic rings. The van der Waals surface area contributed by atoms with Crippen molar-refractivity contribution in [3.63, 3.8) is 0 Å². The third-order valence-corrected chi connectivity index (χ3v) is 1.18. The predicted molar refractivity (Wildman–Crippen MR) is 32.8 cm³/mol. The molecule has 0 spiro atoms. The Kier molecular flexibility index (Phi) is 3.69. The highest BCUT2D eigenvalue weighted by atomic mass is 31.0. The summed E-state index contributed by atoms with van der Waals surface area (Å²) in [5.74, 6) is 3.93. The Morgan fingerprint density at radius 1 is 1.88 bits per heavy atom. The van der Waals surface area contributed by atoms with Gasteiger partial charge in [-0.1, -0.05) is 0 Å². The SMILES string of the molecule is NOC(=O)C(N)CP. The molecule has 0 saturated carbocycles. The second kappa shape index (κ2) is 3.78. The van der Waals surface area contributed by atoms with Crippen LogP contribution in [-0.2, 0) is 9.63 Å². The van der Waals surface area contributed by atoms with Gasteiger partial charge in [0.2, 0.25) is 0 Å². The summed E-state index contributed by atoms with van der Waals surface area (Å²) in [6, 6.07) is -0.606. The van der Waals surface area contributed by atoms with Gasteiger partial charge in [-0.05, 0) is 6.16 Å². The largest absolute Gasteiger partial charge is 0.372 e. The Morgan fingerprint density at radius 3 is 2.50 bits per heavy atom. The smallest absolute Gasteiger partial charge is 0.341 e. The highest BCUT2D eigenvalue weighted by Crippen LogP contribution is 1.87. The Hall–Kier alpha value is -0.180. The average molecular weight is 136 g/mol. The van der Waals surface area contributed by atoms with Crippen LogP contribution in [0.5, 0.6) is 0 Å². The number of hydrogen-bond acceptors (Lipinski definition) is 4. The lowest BCUT2D eigenvalue weighted by atomic mass is 10.4. The summed E-state index contributed by atoms with van der Waals surface area (Å²) >= 11 is 0. The zero-order valence-corrected chi connectivity index (χ0v) is 5.49. The van der Waals surface area contributed by atoms with Crippen LogP contribution in [0.25, 0.3) is 0 Å². The van der Waals surface area contributed by atoms with Gasteiger partial charge in [-0.25, -0.2) is 4.79 Å². The normalized spacial score (nSPS) is 12.9. The quantitative estimate of drug-likeness (QED) is 0.361. The van der Waals surface area contributed by atoms with Crippen molar-refractivity contribution < 1.29 is 9.63 Å². The van der Waals surface area contributed by atoms with Crippen LogP contribution in [0.2, 0.25) is 0 Å². The van der Waals surface area contributed by atoms with Gasteiger partial charge < -0.3 is 10.6 Å². The molecule has 4 N–H and O–H groups in total. The van der Waals surface area contributed by atoms with E-state index >= 15 is 0 Å². The number of hydrogen-bond donors (Lipinski definition) is 2. The summed E-state index contributed by atoms with van der Waals surface area (Å²) in [4.78, 5) is 14.1. The molecule has 4 nitrogen and oxygen atoms in total. The van der Waals surface area contributed by atoms with E-state index in [4.69, 9.17) is 5.73 Å². The molecule has 0 heterocycles. The van der Waals surface area contributed by atoms with E-state index in [2.05, 4.69) is 20.0 Å². The monoisotopic (exact) mass is 136 g/mol. The first kappa shape index (κ1) is 7.82. The summed E-state index contributed by atoms with van der Waals surface area (Å²) in [7, 11) is 2.31. The molecule has 0 aromatic heterocycles. The minimum absolute atomic E-state index is 0.468. The first-order valence-corrected chi connectivity index (χ1v) is 2.90. The van der Waals surface area contributed by atoms with Crippen molar-refractivity contribution in [3.05, 3.63) is 0 Å². The lowest BCUT2D eigenvalue weighted by Gasteiger charge is -2.01. The molecule has 0 aliphatic carbocycles. The van der Waals surface area contributed by atoms with E-state index in [-0.39, 0.29) is 0 Å². The molecule has 0 bridgehead atoms. The first-order valence-electron chi connectivity index (χ1n) is 2.08. The average Bonchev–Trinajstić information content (AvgIpc) is 1.84. The van der Waals surface area contributed by atoms with Crippen LogP contribution < -0.4 is 11.6 Å². The Labute approximate surface area is 49.7 Å². The molecule has 2 atom stereocenters. The van der Waals surface area contributed by atoms with Gasteiger partial charge >= 0.3 is 5.97 Å². The molecule has 48 valence electrons. The van der Waals surface area contributed by atoms with Crippen LogP contribution in [0.3, 0.4) is 0 Å². The van der Waals surface area contributed by atoms with E-state index in [1.54, 1.807) is 0 Å². The molecule has 0 fully saturated rings. The van der Waals surface area contributed by atoms with Crippen LogP contribution in [0, 0.1) is 0 Å². The van der Waals surface area contributed by atoms with Gasteiger partial charge in [0.05, 0.1) is 0 Å². The number of carbonyl (C=O) groups is 1. The number of nitrogens with two attached hydrogens (primary N) is 2. The summed E-state index contributed by atoms with van der Waals surface area (Å²) < 4.78 is 0. The van der Waals surface area contributed by atoms with E-state index in [0.717, 1.165) is 0 Å². The van der Waals surface area contributed by atoms with Crippen LogP contribution >= 0.6 is 9.24 Å².